The fraction of sp³-hybridized carbons (Fsp3) is 0.526. The first kappa shape index (κ1) is 17.1. The second kappa shape index (κ2) is 7.45. The fourth-order valence-electron chi connectivity index (χ4n) is 3.75. The van der Waals surface area contributed by atoms with Gasteiger partial charge in [-0.15, -0.1) is 0 Å². The number of benzene rings is 1. The Hall–Kier alpha value is -1.72. The van der Waals surface area contributed by atoms with Crippen LogP contribution >= 0.6 is 0 Å². The van der Waals surface area contributed by atoms with Gasteiger partial charge >= 0.3 is 0 Å². The molecule has 0 amide bonds. The maximum atomic E-state index is 13.7. The van der Waals surface area contributed by atoms with Crippen molar-refractivity contribution in [1.82, 2.24) is 20.0 Å². The van der Waals surface area contributed by atoms with E-state index < -0.39 is 0 Å². The van der Waals surface area contributed by atoms with Crippen molar-refractivity contribution in [2.45, 2.75) is 39.3 Å². The second-order valence-corrected chi connectivity index (χ2v) is 6.45. The molecule has 1 aromatic carbocycles. The molecular weight excluding hydrogens is 303 g/mol. The van der Waals surface area contributed by atoms with E-state index in [1.54, 1.807) is 12.1 Å². The Kier molecular flexibility index (Phi) is 5.31. The average Bonchev–Trinajstić information content (AvgIpc) is 2.90. The molecule has 130 valence electrons. The Morgan fingerprint density at radius 1 is 1.29 bits per heavy atom. The zero-order valence-corrected chi connectivity index (χ0v) is 14.8. The molecule has 0 spiro atoms. The van der Waals surface area contributed by atoms with Gasteiger partial charge < -0.3 is 5.32 Å². The van der Waals surface area contributed by atoms with Crippen LogP contribution in [0.15, 0.2) is 24.3 Å². The van der Waals surface area contributed by atoms with Gasteiger partial charge in [0.15, 0.2) is 0 Å². The summed E-state index contributed by atoms with van der Waals surface area (Å²) in [5, 5.41) is 8.14. The van der Waals surface area contributed by atoms with Gasteiger partial charge in [0.1, 0.15) is 5.82 Å². The number of hydrogen-bond donors (Lipinski definition) is 1. The highest BCUT2D eigenvalue weighted by Gasteiger charge is 2.26. The van der Waals surface area contributed by atoms with E-state index in [0.717, 1.165) is 44.6 Å². The Labute approximate surface area is 143 Å². The van der Waals surface area contributed by atoms with Crippen LogP contribution in [0.25, 0.3) is 0 Å². The van der Waals surface area contributed by atoms with Crippen LogP contribution in [0, 0.1) is 5.82 Å². The summed E-state index contributed by atoms with van der Waals surface area (Å²) in [6.45, 7) is 8.00. The van der Waals surface area contributed by atoms with Crippen molar-refractivity contribution in [1.29, 1.82) is 0 Å². The highest BCUT2D eigenvalue weighted by molar-refractivity contribution is 5.28. The van der Waals surface area contributed by atoms with E-state index >= 15 is 0 Å². The molecule has 3 rings (SSSR count). The minimum Gasteiger partial charge on any atom is -0.314 e. The Morgan fingerprint density at radius 2 is 2.12 bits per heavy atom. The predicted molar refractivity (Wildman–Crippen MR) is 94.4 cm³/mol. The van der Waals surface area contributed by atoms with E-state index in [1.807, 2.05) is 17.8 Å². The Balaban J connectivity index is 1.90. The van der Waals surface area contributed by atoms with Crippen LogP contribution < -0.4 is 5.32 Å². The minimum absolute atomic E-state index is 0.164. The fourth-order valence-corrected chi connectivity index (χ4v) is 3.75. The van der Waals surface area contributed by atoms with Crippen LogP contribution in [0.3, 0.4) is 0 Å². The van der Waals surface area contributed by atoms with Gasteiger partial charge in [0.05, 0.1) is 5.69 Å². The van der Waals surface area contributed by atoms with Crippen LogP contribution in [-0.2, 0) is 26.4 Å². The number of halogens is 1. The lowest BCUT2D eigenvalue weighted by molar-refractivity contribution is 0.152. The molecule has 1 fully saturated rings. The molecule has 2 heterocycles. The first-order valence-corrected chi connectivity index (χ1v) is 8.87. The molecule has 0 aliphatic carbocycles. The lowest BCUT2D eigenvalue weighted by Crippen LogP contribution is -2.45. The van der Waals surface area contributed by atoms with Crippen molar-refractivity contribution in [2.75, 3.05) is 19.6 Å². The summed E-state index contributed by atoms with van der Waals surface area (Å²) in [5.41, 5.74) is 4.89. The summed E-state index contributed by atoms with van der Waals surface area (Å²) in [6, 6.07) is 7.20. The molecule has 1 aliphatic rings. The van der Waals surface area contributed by atoms with Crippen LogP contribution in [0.4, 0.5) is 4.39 Å². The zero-order chi connectivity index (χ0) is 17.1. The van der Waals surface area contributed by atoms with Crippen molar-refractivity contribution in [2.24, 2.45) is 7.05 Å². The molecule has 1 N–H and O–H groups in total. The quantitative estimate of drug-likeness (QED) is 0.915. The van der Waals surface area contributed by atoms with Gasteiger partial charge in [0, 0.05) is 50.5 Å². The van der Waals surface area contributed by atoms with E-state index in [9.17, 15) is 4.39 Å². The second-order valence-electron chi connectivity index (χ2n) is 6.45. The molecule has 2 aromatic rings. The molecule has 1 unspecified atom stereocenters. The van der Waals surface area contributed by atoms with Crippen molar-refractivity contribution in [3.8, 4) is 0 Å². The highest BCUT2D eigenvalue weighted by Crippen LogP contribution is 2.27. The summed E-state index contributed by atoms with van der Waals surface area (Å²) >= 11 is 0. The first-order valence-electron chi connectivity index (χ1n) is 8.87. The molecule has 1 saturated heterocycles. The average molecular weight is 330 g/mol. The van der Waals surface area contributed by atoms with E-state index in [2.05, 4.69) is 24.1 Å². The third kappa shape index (κ3) is 3.37. The van der Waals surface area contributed by atoms with Gasteiger partial charge in [0.25, 0.3) is 0 Å². The standard InChI is InChI=1S/C19H27FN4/c1-4-17-16(18(5-2)23(3)22-17)13-24-10-9-21-12-19(24)14-7-6-8-15(20)11-14/h6-8,11,19,21H,4-5,9-10,12-13H2,1-3H3. The van der Waals surface area contributed by atoms with Gasteiger partial charge in [-0.05, 0) is 30.5 Å². The van der Waals surface area contributed by atoms with E-state index in [-0.39, 0.29) is 11.9 Å². The summed E-state index contributed by atoms with van der Waals surface area (Å²) < 4.78 is 15.7. The van der Waals surface area contributed by atoms with Gasteiger partial charge in [-0.25, -0.2) is 4.39 Å². The molecule has 0 saturated carbocycles. The minimum atomic E-state index is -0.164. The maximum Gasteiger partial charge on any atom is 0.123 e. The molecule has 1 aliphatic heterocycles. The van der Waals surface area contributed by atoms with E-state index in [0.29, 0.717) is 0 Å². The third-order valence-electron chi connectivity index (χ3n) is 4.98. The van der Waals surface area contributed by atoms with Crippen molar-refractivity contribution < 1.29 is 4.39 Å². The van der Waals surface area contributed by atoms with Crippen molar-refractivity contribution >= 4 is 0 Å². The number of aryl methyl sites for hydroxylation is 2. The van der Waals surface area contributed by atoms with Gasteiger partial charge in [-0.1, -0.05) is 26.0 Å². The van der Waals surface area contributed by atoms with E-state index in [1.165, 1.54) is 23.0 Å². The number of nitrogens with zero attached hydrogens (tertiary/aromatic N) is 3. The molecular formula is C19H27FN4. The SMILES string of the molecule is CCc1nn(C)c(CC)c1CN1CCNCC1c1cccc(F)c1. The number of nitrogens with one attached hydrogen (secondary N) is 1. The van der Waals surface area contributed by atoms with Gasteiger partial charge in [-0.2, -0.15) is 5.10 Å². The normalized spacial score (nSPS) is 18.9. The lowest BCUT2D eigenvalue weighted by Gasteiger charge is -2.36. The number of aromatic nitrogens is 2. The third-order valence-corrected chi connectivity index (χ3v) is 4.98. The molecule has 1 aromatic heterocycles. The maximum absolute atomic E-state index is 13.7. The summed E-state index contributed by atoms with van der Waals surface area (Å²) in [7, 11) is 2.03. The Bertz CT molecular complexity index is 695. The summed E-state index contributed by atoms with van der Waals surface area (Å²) in [6.07, 6.45) is 1.93. The zero-order valence-electron chi connectivity index (χ0n) is 14.8. The largest absolute Gasteiger partial charge is 0.314 e. The first-order chi connectivity index (χ1) is 11.6. The predicted octanol–water partition coefficient (Wildman–Crippen LogP) is 2.83. The topological polar surface area (TPSA) is 33.1 Å². The number of hydrogen-bond acceptors (Lipinski definition) is 3. The molecule has 4 nitrogen and oxygen atoms in total. The number of rotatable bonds is 5. The monoisotopic (exact) mass is 330 g/mol. The van der Waals surface area contributed by atoms with Crippen LogP contribution in [0.1, 0.15) is 42.4 Å². The molecule has 5 heteroatoms. The lowest BCUT2D eigenvalue weighted by atomic mass is 10.0. The highest BCUT2D eigenvalue weighted by atomic mass is 19.1. The summed E-state index contributed by atoms with van der Waals surface area (Å²) in [5.74, 6) is -0.164. The van der Waals surface area contributed by atoms with Crippen molar-refractivity contribution in [3.63, 3.8) is 0 Å². The van der Waals surface area contributed by atoms with Crippen LogP contribution in [0.2, 0.25) is 0 Å². The van der Waals surface area contributed by atoms with Crippen LogP contribution in [-0.4, -0.2) is 34.3 Å². The van der Waals surface area contributed by atoms with Gasteiger partial charge in [0.2, 0.25) is 0 Å². The summed E-state index contributed by atoms with van der Waals surface area (Å²) in [4.78, 5) is 2.46. The molecule has 24 heavy (non-hydrogen) atoms. The smallest absolute Gasteiger partial charge is 0.123 e. The van der Waals surface area contributed by atoms with Gasteiger partial charge in [-0.3, -0.25) is 9.58 Å². The van der Waals surface area contributed by atoms with Crippen LogP contribution in [0.5, 0.6) is 0 Å². The Morgan fingerprint density at radius 3 is 2.83 bits per heavy atom. The molecule has 0 bridgehead atoms. The number of piperazine rings is 1. The van der Waals surface area contributed by atoms with Crippen molar-refractivity contribution in [3.05, 3.63) is 52.6 Å². The molecule has 0 radical (unpaired) electrons. The molecule has 1 atom stereocenters. The van der Waals surface area contributed by atoms with E-state index in [4.69, 9.17) is 5.10 Å².